The van der Waals surface area contributed by atoms with Crippen molar-refractivity contribution in [1.82, 2.24) is 5.32 Å². The molecule has 0 rings (SSSR count). The smallest absolute Gasteiger partial charge is 0.396 e. The fourth-order valence-electron chi connectivity index (χ4n) is 0.643. The number of halogens is 3. The summed E-state index contributed by atoms with van der Waals surface area (Å²) in [5, 5.41) is 10.7. The molecule has 6 heteroatoms. The minimum absolute atomic E-state index is 0.142. The van der Waals surface area contributed by atoms with Crippen LogP contribution in [0.15, 0.2) is 0 Å². The van der Waals surface area contributed by atoms with E-state index in [2.05, 4.69) is 5.32 Å². The second kappa shape index (κ2) is 7.46. The second-order valence-corrected chi connectivity index (χ2v) is 3.71. The van der Waals surface area contributed by atoms with Gasteiger partial charge in [-0.2, -0.15) is 24.9 Å². The summed E-state index contributed by atoms with van der Waals surface area (Å²) < 4.78 is 34.7. The summed E-state index contributed by atoms with van der Waals surface area (Å²) in [5.41, 5.74) is 0. The standard InChI is InChI=1S/C7H14F3NOS/c8-7(9,10)6-11-2-5-13-4-1-3-12/h11-12H,1-6H2. The number of rotatable bonds is 7. The molecule has 0 aromatic rings. The number of hydrogen-bond acceptors (Lipinski definition) is 3. The lowest BCUT2D eigenvalue weighted by Crippen LogP contribution is -2.30. The second-order valence-electron chi connectivity index (χ2n) is 2.48. The van der Waals surface area contributed by atoms with Crippen molar-refractivity contribution in [3.05, 3.63) is 0 Å². The van der Waals surface area contributed by atoms with Crippen molar-refractivity contribution >= 4 is 11.8 Å². The number of aliphatic hydroxyl groups is 1. The van der Waals surface area contributed by atoms with Crippen molar-refractivity contribution in [2.75, 3.05) is 31.2 Å². The lowest BCUT2D eigenvalue weighted by molar-refractivity contribution is -0.124. The largest absolute Gasteiger partial charge is 0.401 e. The topological polar surface area (TPSA) is 32.3 Å². The molecule has 0 spiro atoms. The minimum Gasteiger partial charge on any atom is -0.396 e. The summed E-state index contributed by atoms with van der Waals surface area (Å²) in [6.45, 7) is -0.424. The molecule has 0 heterocycles. The fourth-order valence-corrected chi connectivity index (χ4v) is 1.47. The first-order valence-electron chi connectivity index (χ1n) is 4.02. The van der Waals surface area contributed by atoms with Crippen LogP contribution in [-0.2, 0) is 0 Å². The van der Waals surface area contributed by atoms with Gasteiger partial charge in [-0.25, -0.2) is 0 Å². The molecule has 13 heavy (non-hydrogen) atoms. The lowest BCUT2D eigenvalue weighted by Gasteiger charge is -2.07. The Morgan fingerprint density at radius 2 is 1.92 bits per heavy atom. The summed E-state index contributed by atoms with van der Waals surface area (Å²) in [6, 6.07) is 0. The molecule has 0 saturated heterocycles. The number of aliphatic hydroxyl groups excluding tert-OH is 1. The Kier molecular flexibility index (Phi) is 7.50. The maximum absolute atomic E-state index is 11.6. The van der Waals surface area contributed by atoms with Crippen molar-refractivity contribution in [1.29, 1.82) is 0 Å². The van der Waals surface area contributed by atoms with Gasteiger partial charge in [0.1, 0.15) is 0 Å². The van der Waals surface area contributed by atoms with Crippen molar-refractivity contribution in [2.45, 2.75) is 12.6 Å². The molecular formula is C7H14F3NOS. The Bertz CT molecular complexity index is 121. The average molecular weight is 217 g/mol. The average Bonchev–Trinajstić information content (AvgIpc) is 2.01. The van der Waals surface area contributed by atoms with Crippen LogP contribution in [0.3, 0.4) is 0 Å². The summed E-state index contributed by atoms with van der Waals surface area (Å²) in [6.07, 6.45) is -3.42. The van der Waals surface area contributed by atoms with Crippen LogP contribution in [0.4, 0.5) is 13.2 Å². The molecule has 0 saturated carbocycles. The SMILES string of the molecule is OCCCSCCNCC(F)(F)F. The molecule has 0 atom stereocenters. The van der Waals surface area contributed by atoms with E-state index in [0.717, 1.165) is 5.75 Å². The Hall–Kier alpha value is 0.0600. The Morgan fingerprint density at radius 3 is 2.46 bits per heavy atom. The maximum atomic E-state index is 11.6. The van der Waals surface area contributed by atoms with Gasteiger partial charge in [-0.05, 0) is 12.2 Å². The molecule has 0 aromatic carbocycles. The molecule has 0 bridgehead atoms. The first kappa shape index (κ1) is 13.1. The third-order valence-electron chi connectivity index (χ3n) is 1.20. The highest BCUT2D eigenvalue weighted by atomic mass is 32.2. The highest BCUT2D eigenvalue weighted by Gasteiger charge is 2.25. The van der Waals surface area contributed by atoms with Crippen LogP contribution in [0.2, 0.25) is 0 Å². The van der Waals surface area contributed by atoms with Gasteiger partial charge in [0.25, 0.3) is 0 Å². The summed E-state index contributed by atoms with van der Waals surface area (Å²) in [7, 11) is 0. The van der Waals surface area contributed by atoms with E-state index >= 15 is 0 Å². The number of alkyl halides is 3. The number of thioether (sulfide) groups is 1. The summed E-state index contributed by atoms with van der Waals surface area (Å²) in [5.74, 6) is 1.44. The van der Waals surface area contributed by atoms with Gasteiger partial charge in [0.15, 0.2) is 0 Å². The molecule has 2 N–H and O–H groups in total. The van der Waals surface area contributed by atoms with E-state index < -0.39 is 12.7 Å². The monoisotopic (exact) mass is 217 g/mol. The molecule has 0 fully saturated rings. The van der Waals surface area contributed by atoms with Crippen LogP contribution in [0.5, 0.6) is 0 Å². The van der Waals surface area contributed by atoms with E-state index in [0.29, 0.717) is 18.7 Å². The molecule has 80 valence electrons. The molecule has 2 nitrogen and oxygen atoms in total. The summed E-state index contributed by atoms with van der Waals surface area (Å²) >= 11 is 1.54. The fraction of sp³-hybridized carbons (Fsp3) is 1.00. The molecule has 0 unspecified atom stereocenters. The minimum atomic E-state index is -4.12. The van der Waals surface area contributed by atoms with Crippen LogP contribution in [-0.4, -0.2) is 42.5 Å². The van der Waals surface area contributed by atoms with Crippen molar-refractivity contribution < 1.29 is 18.3 Å². The Morgan fingerprint density at radius 1 is 1.23 bits per heavy atom. The van der Waals surface area contributed by atoms with E-state index in [1.807, 2.05) is 0 Å². The van der Waals surface area contributed by atoms with Crippen LogP contribution in [0, 0.1) is 0 Å². The molecule has 0 amide bonds. The normalized spacial score (nSPS) is 12.0. The van der Waals surface area contributed by atoms with Crippen molar-refractivity contribution in [3.63, 3.8) is 0 Å². The van der Waals surface area contributed by atoms with Gasteiger partial charge >= 0.3 is 6.18 Å². The van der Waals surface area contributed by atoms with Crippen molar-refractivity contribution in [2.24, 2.45) is 0 Å². The Labute approximate surface area is 79.9 Å². The van der Waals surface area contributed by atoms with E-state index in [4.69, 9.17) is 5.11 Å². The zero-order valence-electron chi connectivity index (χ0n) is 7.23. The van der Waals surface area contributed by atoms with Crippen LogP contribution in [0.1, 0.15) is 6.42 Å². The van der Waals surface area contributed by atoms with E-state index in [1.54, 1.807) is 0 Å². The van der Waals surface area contributed by atoms with Crippen molar-refractivity contribution in [3.8, 4) is 0 Å². The highest BCUT2D eigenvalue weighted by molar-refractivity contribution is 7.99. The van der Waals surface area contributed by atoms with Gasteiger partial charge in [-0.15, -0.1) is 0 Å². The van der Waals surface area contributed by atoms with Gasteiger partial charge in [-0.3, -0.25) is 0 Å². The third kappa shape index (κ3) is 12.1. The maximum Gasteiger partial charge on any atom is 0.401 e. The van der Waals surface area contributed by atoms with E-state index in [-0.39, 0.29) is 6.61 Å². The Balaban J connectivity index is 3.00. The number of hydrogen-bond donors (Lipinski definition) is 2. The molecule has 0 aromatic heterocycles. The highest BCUT2D eigenvalue weighted by Crippen LogP contribution is 2.12. The molecule has 0 aliphatic rings. The van der Waals surface area contributed by atoms with Gasteiger partial charge in [0.05, 0.1) is 6.54 Å². The zero-order chi connectivity index (χ0) is 10.2. The molecule has 0 radical (unpaired) electrons. The summed E-state index contributed by atoms with van der Waals surface area (Å²) in [4.78, 5) is 0. The van der Waals surface area contributed by atoms with E-state index in [1.165, 1.54) is 11.8 Å². The predicted octanol–water partition coefficient (Wildman–Crippen LogP) is 1.25. The third-order valence-corrected chi connectivity index (χ3v) is 2.27. The van der Waals surface area contributed by atoms with Gasteiger partial charge in [0, 0.05) is 18.9 Å². The first-order valence-corrected chi connectivity index (χ1v) is 5.18. The van der Waals surface area contributed by atoms with Gasteiger partial charge < -0.3 is 10.4 Å². The molecule has 0 aliphatic heterocycles. The lowest BCUT2D eigenvalue weighted by atomic mass is 10.5. The predicted molar refractivity (Wildman–Crippen MR) is 48.0 cm³/mol. The van der Waals surface area contributed by atoms with Crippen LogP contribution >= 0.6 is 11.8 Å². The van der Waals surface area contributed by atoms with E-state index in [9.17, 15) is 13.2 Å². The first-order chi connectivity index (χ1) is 6.06. The van der Waals surface area contributed by atoms with Crippen LogP contribution in [0.25, 0.3) is 0 Å². The van der Waals surface area contributed by atoms with Gasteiger partial charge in [0.2, 0.25) is 0 Å². The van der Waals surface area contributed by atoms with Gasteiger partial charge in [-0.1, -0.05) is 0 Å². The molecular weight excluding hydrogens is 203 g/mol. The van der Waals surface area contributed by atoms with Crippen LogP contribution < -0.4 is 5.32 Å². The molecule has 0 aliphatic carbocycles. The number of nitrogens with one attached hydrogen (secondary N) is 1. The quantitative estimate of drug-likeness (QED) is 0.630. The zero-order valence-corrected chi connectivity index (χ0v) is 8.05.